The van der Waals surface area contributed by atoms with Gasteiger partial charge in [0.15, 0.2) is 0 Å². The molecule has 0 fully saturated rings. The Morgan fingerprint density at radius 1 is 1.24 bits per heavy atom. The van der Waals surface area contributed by atoms with Crippen LogP contribution >= 0.6 is 0 Å². The predicted octanol–water partition coefficient (Wildman–Crippen LogP) is 0.767. The summed E-state index contributed by atoms with van der Waals surface area (Å²) in [5.74, 6) is -0.208. The Morgan fingerprint density at radius 3 is 2.19 bits per heavy atom. The van der Waals surface area contributed by atoms with E-state index >= 15 is 0 Å². The molecule has 0 saturated carbocycles. The molecule has 0 radical (unpaired) electrons. The van der Waals surface area contributed by atoms with Gasteiger partial charge < -0.3 is 14.6 Å². The highest BCUT2D eigenvalue weighted by Crippen LogP contribution is 2.26. The van der Waals surface area contributed by atoms with E-state index < -0.39 is 16.2 Å². The van der Waals surface area contributed by atoms with E-state index in [9.17, 15) is 13.2 Å². The highest BCUT2D eigenvalue weighted by atomic mass is 32.2. The molecule has 2 N–H and O–H groups in total. The molecule has 9 heteroatoms. The fourth-order valence-corrected chi connectivity index (χ4v) is 2.37. The normalized spacial score (nSPS) is 11.2. The average molecular weight is 318 g/mol. The number of anilines is 1. The number of hydrogen-bond donors (Lipinski definition) is 2. The van der Waals surface area contributed by atoms with Crippen molar-refractivity contribution in [3.05, 3.63) is 18.2 Å². The van der Waals surface area contributed by atoms with Crippen LogP contribution in [0.5, 0.6) is 11.5 Å². The molecule has 118 valence electrons. The van der Waals surface area contributed by atoms with Crippen molar-refractivity contribution in [2.75, 3.05) is 32.5 Å². The summed E-state index contributed by atoms with van der Waals surface area (Å²) in [5, 5.41) is 8.58. The molecular weight excluding hydrogens is 300 g/mol. The van der Waals surface area contributed by atoms with Gasteiger partial charge in [0.25, 0.3) is 0 Å². The topological polar surface area (TPSA) is 105 Å². The van der Waals surface area contributed by atoms with Crippen LogP contribution in [0, 0.1) is 0 Å². The van der Waals surface area contributed by atoms with Crippen molar-refractivity contribution in [3.8, 4) is 11.5 Å². The van der Waals surface area contributed by atoms with E-state index in [-0.39, 0.29) is 18.7 Å². The van der Waals surface area contributed by atoms with Crippen LogP contribution in [0.3, 0.4) is 0 Å². The third kappa shape index (κ3) is 5.12. The van der Waals surface area contributed by atoms with Gasteiger partial charge >= 0.3 is 16.2 Å². The largest absolute Gasteiger partial charge is 0.497 e. The van der Waals surface area contributed by atoms with Crippen molar-refractivity contribution in [3.63, 3.8) is 0 Å². The zero-order valence-corrected chi connectivity index (χ0v) is 12.8. The maximum Gasteiger partial charge on any atom is 0.304 e. The van der Waals surface area contributed by atoms with Crippen LogP contribution in [0.4, 0.5) is 5.69 Å². The number of methoxy groups -OCH3 is 2. The lowest BCUT2D eigenvalue weighted by atomic mass is 10.3. The molecule has 0 aliphatic rings. The first-order valence-corrected chi connectivity index (χ1v) is 7.41. The molecule has 1 aromatic carbocycles. The van der Waals surface area contributed by atoms with E-state index in [1.54, 1.807) is 6.07 Å². The highest BCUT2D eigenvalue weighted by Gasteiger charge is 2.19. The Balaban J connectivity index is 2.90. The summed E-state index contributed by atoms with van der Waals surface area (Å²) in [7, 11) is 0.345. The fourth-order valence-electron chi connectivity index (χ4n) is 1.47. The average Bonchev–Trinajstić information content (AvgIpc) is 2.43. The first-order valence-electron chi connectivity index (χ1n) is 5.97. The van der Waals surface area contributed by atoms with Crippen LogP contribution in [0.1, 0.15) is 6.42 Å². The van der Waals surface area contributed by atoms with Crippen LogP contribution in [0.2, 0.25) is 0 Å². The van der Waals surface area contributed by atoms with E-state index in [0.717, 1.165) is 4.31 Å². The molecule has 0 aliphatic carbocycles. The number of carboxylic acid groups (broad SMARTS) is 1. The summed E-state index contributed by atoms with van der Waals surface area (Å²) in [6.07, 6.45) is -0.279. The Labute approximate surface area is 123 Å². The maximum atomic E-state index is 12.1. The number of benzene rings is 1. The zero-order chi connectivity index (χ0) is 16.0. The molecule has 0 heterocycles. The molecule has 1 rings (SSSR count). The number of nitrogens with one attached hydrogen (secondary N) is 1. The van der Waals surface area contributed by atoms with Crippen LogP contribution in [0.15, 0.2) is 18.2 Å². The fraction of sp³-hybridized carbons (Fsp3) is 0.417. The summed E-state index contributed by atoms with van der Waals surface area (Å²) in [6, 6.07) is 4.59. The molecule has 8 nitrogen and oxygen atoms in total. The zero-order valence-electron chi connectivity index (χ0n) is 12.0. The number of carbonyl (C=O) groups is 1. The lowest BCUT2D eigenvalue weighted by Crippen LogP contribution is -2.34. The molecule has 0 aromatic heterocycles. The van der Waals surface area contributed by atoms with Crippen molar-refractivity contribution >= 4 is 21.9 Å². The smallest absolute Gasteiger partial charge is 0.304 e. The molecule has 0 aliphatic heterocycles. The second-order valence-corrected chi connectivity index (χ2v) is 5.95. The quantitative estimate of drug-likeness (QED) is 0.733. The van der Waals surface area contributed by atoms with Crippen molar-refractivity contribution in [1.29, 1.82) is 0 Å². The molecule has 0 spiro atoms. The molecular formula is C12H18N2O6S. The molecule has 0 amide bonds. The van der Waals surface area contributed by atoms with Gasteiger partial charge in [0.1, 0.15) is 11.5 Å². The second-order valence-electron chi connectivity index (χ2n) is 4.17. The highest BCUT2D eigenvalue weighted by molar-refractivity contribution is 7.90. The third-order valence-electron chi connectivity index (χ3n) is 2.65. The number of rotatable bonds is 8. The number of ether oxygens (including phenoxy) is 2. The van der Waals surface area contributed by atoms with Crippen LogP contribution in [0.25, 0.3) is 0 Å². The van der Waals surface area contributed by atoms with Crippen molar-refractivity contribution in [1.82, 2.24) is 4.31 Å². The summed E-state index contributed by atoms with van der Waals surface area (Å²) < 4.78 is 37.5. The lowest BCUT2D eigenvalue weighted by molar-refractivity contribution is -0.137. The van der Waals surface area contributed by atoms with Crippen molar-refractivity contribution in [2.45, 2.75) is 6.42 Å². The first-order chi connectivity index (χ1) is 9.78. The van der Waals surface area contributed by atoms with Gasteiger partial charge in [-0.1, -0.05) is 0 Å². The molecule has 21 heavy (non-hydrogen) atoms. The Morgan fingerprint density at radius 2 is 1.76 bits per heavy atom. The van der Waals surface area contributed by atoms with E-state index in [4.69, 9.17) is 14.6 Å². The van der Waals surface area contributed by atoms with Crippen molar-refractivity contribution in [2.24, 2.45) is 0 Å². The van der Waals surface area contributed by atoms with Gasteiger partial charge in [0.2, 0.25) is 0 Å². The number of carboxylic acids is 1. The minimum absolute atomic E-state index is 0.133. The van der Waals surface area contributed by atoms with Crippen LogP contribution in [-0.2, 0) is 15.0 Å². The first kappa shape index (κ1) is 17.1. The molecule has 1 aromatic rings. The second kappa shape index (κ2) is 7.14. The predicted molar refractivity (Wildman–Crippen MR) is 77.0 cm³/mol. The van der Waals surface area contributed by atoms with E-state index in [1.165, 1.54) is 33.4 Å². The minimum atomic E-state index is -3.85. The van der Waals surface area contributed by atoms with Crippen LogP contribution < -0.4 is 14.2 Å². The minimum Gasteiger partial charge on any atom is -0.497 e. The number of nitrogens with zero attached hydrogens (tertiary/aromatic N) is 1. The van der Waals surface area contributed by atoms with Gasteiger partial charge in [0, 0.05) is 31.8 Å². The van der Waals surface area contributed by atoms with Gasteiger partial charge in [-0.25, -0.2) is 0 Å². The van der Waals surface area contributed by atoms with E-state index in [0.29, 0.717) is 11.5 Å². The summed E-state index contributed by atoms with van der Waals surface area (Å²) >= 11 is 0. The SMILES string of the molecule is COc1cc(NS(=O)(=O)N(C)CCC(=O)O)cc(OC)c1. The number of aliphatic carboxylic acids is 1. The van der Waals surface area contributed by atoms with Gasteiger partial charge in [-0.2, -0.15) is 12.7 Å². The standard InChI is InChI=1S/C12H18N2O6S/c1-14(5-4-12(15)16)21(17,18)13-9-6-10(19-2)8-11(7-9)20-3/h6-8,13H,4-5H2,1-3H3,(H,15,16). The number of hydrogen-bond acceptors (Lipinski definition) is 5. The van der Waals surface area contributed by atoms with Gasteiger partial charge in [0.05, 0.1) is 26.3 Å². The Hall–Kier alpha value is -2.00. The lowest BCUT2D eigenvalue weighted by Gasteiger charge is -2.18. The molecule has 0 unspecified atom stereocenters. The Kier molecular flexibility index (Phi) is 5.79. The monoisotopic (exact) mass is 318 g/mol. The van der Waals surface area contributed by atoms with E-state index in [1.807, 2.05) is 0 Å². The molecule has 0 bridgehead atoms. The summed E-state index contributed by atoms with van der Waals surface area (Å²) in [6.45, 7) is -0.133. The van der Waals surface area contributed by atoms with E-state index in [2.05, 4.69) is 4.72 Å². The van der Waals surface area contributed by atoms with Gasteiger partial charge in [-0.05, 0) is 0 Å². The third-order valence-corrected chi connectivity index (χ3v) is 4.15. The van der Waals surface area contributed by atoms with Crippen molar-refractivity contribution < 1.29 is 27.8 Å². The van der Waals surface area contributed by atoms with Gasteiger partial charge in [-0.15, -0.1) is 0 Å². The molecule has 0 saturated heterocycles. The summed E-state index contributed by atoms with van der Waals surface area (Å²) in [4.78, 5) is 10.5. The molecule has 0 atom stereocenters. The maximum absolute atomic E-state index is 12.1. The summed E-state index contributed by atoms with van der Waals surface area (Å²) in [5.41, 5.74) is 0.258. The Bertz CT molecular complexity index is 580. The van der Waals surface area contributed by atoms with Gasteiger partial charge in [-0.3, -0.25) is 9.52 Å². The van der Waals surface area contributed by atoms with Crippen LogP contribution in [-0.4, -0.2) is 51.6 Å².